The number of nitrogens with one attached hydrogen (secondary N) is 1. The van der Waals surface area contributed by atoms with Crippen molar-refractivity contribution in [1.82, 2.24) is 4.98 Å². The number of benzene rings is 1. The Balaban J connectivity index is 2.77. The summed E-state index contributed by atoms with van der Waals surface area (Å²) in [5.74, 6) is 0. The highest BCUT2D eigenvalue weighted by Crippen LogP contribution is 2.21. The Morgan fingerprint density at radius 3 is 2.92 bits per heavy atom. The monoisotopic (exact) mass is 156 g/mol. The van der Waals surface area contributed by atoms with Crippen LogP contribution in [0.1, 0.15) is 5.69 Å². The molecule has 1 aromatic carbocycles. The minimum atomic E-state index is 0.685. The van der Waals surface area contributed by atoms with Gasteiger partial charge in [-0.05, 0) is 24.4 Å². The predicted molar refractivity (Wildman–Crippen MR) is 49.3 cm³/mol. The molecule has 0 fully saturated rings. The molecule has 0 unspecified atom stereocenters. The SMILES string of the molecule is [C-]#[N+]c1ccc2cc(C)[nH]c2c1. The lowest BCUT2D eigenvalue weighted by atomic mass is 10.2. The van der Waals surface area contributed by atoms with Gasteiger partial charge in [-0.3, -0.25) is 0 Å². The molecule has 0 aliphatic heterocycles. The maximum absolute atomic E-state index is 6.84. The number of hydrogen-bond donors (Lipinski definition) is 1. The number of aryl methyl sites for hydroxylation is 1. The highest BCUT2D eigenvalue weighted by Gasteiger charge is 1.97. The summed E-state index contributed by atoms with van der Waals surface area (Å²) < 4.78 is 0. The smallest absolute Gasteiger partial charge is 0.189 e. The molecule has 0 aliphatic rings. The van der Waals surface area contributed by atoms with Crippen molar-refractivity contribution < 1.29 is 0 Å². The van der Waals surface area contributed by atoms with E-state index in [2.05, 4.69) is 15.9 Å². The van der Waals surface area contributed by atoms with Crippen LogP contribution in [0.2, 0.25) is 0 Å². The Kier molecular flexibility index (Phi) is 1.38. The topological polar surface area (TPSA) is 20.1 Å². The average molecular weight is 156 g/mol. The van der Waals surface area contributed by atoms with Crippen molar-refractivity contribution >= 4 is 16.6 Å². The molecule has 1 N–H and O–H groups in total. The fourth-order valence-corrected chi connectivity index (χ4v) is 1.33. The fraction of sp³-hybridized carbons (Fsp3) is 0.100. The van der Waals surface area contributed by atoms with Crippen LogP contribution in [0.5, 0.6) is 0 Å². The lowest BCUT2D eigenvalue weighted by Gasteiger charge is -1.89. The van der Waals surface area contributed by atoms with E-state index < -0.39 is 0 Å². The minimum absolute atomic E-state index is 0.685. The van der Waals surface area contributed by atoms with Gasteiger partial charge in [-0.15, -0.1) is 0 Å². The average Bonchev–Trinajstić information content (AvgIpc) is 2.43. The van der Waals surface area contributed by atoms with Gasteiger partial charge in [0.15, 0.2) is 5.69 Å². The van der Waals surface area contributed by atoms with Crippen LogP contribution in [-0.4, -0.2) is 4.98 Å². The van der Waals surface area contributed by atoms with Crippen LogP contribution in [0.4, 0.5) is 5.69 Å². The van der Waals surface area contributed by atoms with E-state index in [1.807, 2.05) is 25.1 Å². The van der Waals surface area contributed by atoms with E-state index in [-0.39, 0.29) is 0 Å². The molecule has 2 heteroatoms. The van der Waals surface area contributed by atoms with E-state index in [0.29, 0.717) is 5.69 Å². The summed E-state index contributed by atoms with van der Waals surface area (Å²) in [5.41, 5.74) is 2.86. The number of H-pyrrole nitrogens is 1. The zero-order valence-corrected chi connectivity index (χ0v) is 6.76. The van der Waals surface area contributed by atoms with Crippen LogP contribution in [0.25, 0.3) is 15.7 Å². The summed E-state index contributed by atoms with van der Waals surface area (Å²) in [7, 11) is 0. The van der Waals surface area contributed by atoms with Gasteiger partial charge in [-0.2, -0.15) is 0 Å². The van der Waals surface area contributed by atoms with E-state index in [4.69, 9.17) is 6.57 Å². The zero-order valence-electron chi connectivity index (χ0n) is 6.76. The predicted octanol–water partition coefficient (Wildman–Crippen LogP) is 3.03. The summed E-state index contributed by atoms with van der Waals surface area (Å²) in [4.78, 5) is 6.55. The molecule has 0 spiro atoms. The Hall–Kier alpha value is -1.75. The van der Waals surface area contributed by atoms with E-state index in [1.165, 1.54) is 5.39 Å². The first kappa shape index (κ1) is 6.93. The van der Waals surface area contributed by atoms with Gasteiger partial charge >= 0.3 is 0 Å². The third kappa shape index (κ3) is 0.960. The molecule has 0 radical (unpaired) electrons. The third-order valence-corrected chi connectivity index (χ3v) is 1.87. The van der Waals surface area contributed by atoms with E-state index in [1.54, 1.807) is 0 Å². The molecule has 0 bridgehead atoms. The number of fused-ring (bicyclic) bond motifs is 1. The summed E-state index contributed by atoms with van der Waals surface area (Å²) in [5, 5.41) is 1.17. The molecule has 1 heterocycles. The fourth-order valence-electron chi connectivity index (χ4n) is 1.33. The molecular formula is C10H8N2. The molecule has 2 rings (SSSR count). The highest BCUT2D eigenvalue weighted by molar-refractivity contribution is 5.83. The number of aromatic amines is 1. The van der Waals surface area contributed by atoms with Gasteiger partial charge < -0.3 is 4.98 Å². The number of rotatable bonds is 0. The van der Waals surface area contributed by atoms with Gasteiger partial charge in [-0.25, -0.2) is 4.85 Å². The van der Waals surface area contributed by atoms with Crippen LogP contribution in [-0.2, 0) is 0 Å². The number of hydrogen-bond acceptors (Lipinski definition) is 0. The van der Waals surface area contributed by atoms with Crippen LogP contribution >= 0.6 is 0 Å². The molecule has 12 heavy (non-hydrogen) atoms. The normalized spacial score (nSPS) is 10.0. The van der Waals surface area contributed by atoms with Crippen LogP contribution in [0.15, 0.2) is 24.3 Å². The Labute approximate surface area is 70.7 Å². The second-order valence-electron chi connectivity index (χ2n) is 2.84. The van der Waals surface area contributed by atoms with Crippen molar-refractivity contribution in [2.75, 3.05) is 0 Å². The molecule has 0 aliphatic carbocycles. The van der Waals surface area contributed by atoms with Crippen molar-refractivity contribution in [3.05, 3.63) is 41.4 Å². The van der Waals surface area contributed by atoms with E-state index in [0.717, 1.165) is 11.2 Å². The summed E-state index contributed by atoms with van der Waals surface area (Å²) in [6.07, 6.45) is 0. The Morgan fingerprint density at radius 1 is 1.33 bits per heavy atom. The molecule has 0 saturated heterocycles. The maximum Gasteiger partial charge on any atom is 0.189 e. The summed E-state index contributed by atoms with van der Waals surface area (Å²) in [6, 6.07) is 7.74. The van der Waals surface area contributed by atoms with E-state index >= 15 is 0 Å². The number of nitrogens with zero attached hydrogens (tertiary/aromatic N) is 1. The summed E-state index contributed by atoms with van der Waals surface area (Å²) in [6.45, 7) is 8.85. The molecule has 0 atom stereocenters. The second kappa shape index (κ2) is 2.38. The largest absolute Gasteiger partial charge is 0.360 e. The van der Waals surface area contributed by atoms with Crippen LogP contribution < -0.4 is 0 Å². The molecular weight excluding hydrogens is 148 g/mol. The molecule has 58 valence electrons. The van der Waals surface area contributed by atoms with Crippen molar-refractivity contribution in [3.8, 4) is 0 Å². The third-order valence-electron chi connectivity index (χ3n) is 1.87. The minimum Gasteiger partial charge on any atom is -0.360 e. The molecule has 0 amide bonds. The van der Waals surface area contributed by atoms with Gasteiger partial charge in [0.2, 0.25) is 0 Å². The van der Waals surface area contributed by atoms with Gasteiger partial charge in [0.05, 0.1) is 6.57 Å². The molecule has 2 nitrogen and oxygen atoms in total. The van der Waals surface area contributed by atoms with Crippen LogP contribution in [0.3, 0.4) is 0 Å². The molecule has 0 saturated carbocycles. The van der Waals surface area contributed by atoms with Crippen molar-refractivity contribution in [3.63, 3.8) is 0 Å². The molecule has 2 aromatic rings. The van der Waals surface area contributed by atoms with E-state index in [9.17, 15) is 0 Å². The lowest BCUT2D eigenvalue weighted by Crippen LogP contribution is -1.67. The van der Waals surface area contributed by atoms with Gasteiger partial charge in [0.25, 0.3) is 0 Å². The van der Waals surface area contributed by atoms with Gasteiger partial charge in [0, 0.05) is 11.2 Å². The van der Waals surface area contributed by atoms with Crippen molar-refractivity contribution in [2.24, 2.45) is 0 Å². The van der Waals surface area contributed by atoms with Gasteiger partial charge in [-0.1, -0.05) is 12.1 Å². The standard InChI is InChI=1S/C10H8N2/c1-7-5-8-3-4-9(11-2)6-10(8)12-7/h3-6,12H,1H3. The number of aromatic nitrogens is 1. The second-order valence-corrected chi connectivity index (χ2v) is 2.84. The highest BCUT2D eigenvalue weighted by atomic mass is 14.7. The van der Waals surface area contributed by atoms with Gasteiger partial charge in [0.1, 0.15) is 0 Å². The summed E-state index contributed by atoms with van der Waals surface area (Å²) >= 11 is 0. The first-order chi connectivity index (χ1) is 5.79. The Morgan fingerprint density at radius 2 is 2.17 bits per heavy atom. The lowest BCUT2D eigenvalue weighted by molar-refractivity contribution is 1.30. The van der Waals surface area contributed by atoms with Crippen molar-refractivity contribution in [2.45, 2.75) is 6.92 Å². The zero-order chi connectivity index (χ0) is 8.55. The molecule has 1 aromatic heterocycles. The van der Waals surface area contributed by atoms with Crippen LogP contribution in [0, 0.1) is 13.5 Å². The Bertz CT molecular complexity index is 460. The quantitative estimate of drug-likeness (QED) is 0.566. The first-order valence-corrected chi connectivity index (χ1v) is 3.76. The first-order valence-electron chi connectivity index (χ1n) is 3.76. The van der Waals surface area contributed by atoms with Crippen molar-refractivity contribution in [1.29, 1.82) is 0 Å². The maximum atomic E-state index is 6.84.